The molecule has 6 nitrogen and oxygen atoms in total. The van der Waals surface area contributed by atoms with E-state index in [0.29, 0.717) is 23.3 Å². The van der Waals surface area contributed by atoms with Gasteiger partial charge >= 0.3 is 0 Å². The third-order valence-corrected chi connectivity index (χ3v) is 4.71. The zero-order chi connectivity index (χ0) is 16.5. The van der Waals surface area contributed by atoms with E-state index in [0.717, 1.165) is 22.2 Å². The molecule has 120 valence electrons. The number of benzene rings is 1. The quantitative estimate of drug-likeness (QED) is 0.549. The summed E-state index contributed by atoms with van der Waals surface area (Å²) in [5, 5.41) is 4.86. The lowest BCUT2D eigenvalue weighted by atomic mass is 10.2. The van der Waals surface area contributed by atoms with Gasteiger partial charge in [0.2, 0.25) is 17.6 Å². The van der Waals surface area contributed by atoms with Crippen molar-refractivity contribution in [3.63, 3.8) is 0 Å². The lowest BCUT2D eigenvalue weighted by molar-refractivity contribution is 0.394. The fourth-order valence-corrected chi connectivity index (χ4v) is 3.29. The van der Waals surface area contributed by atoms with E-state index in [1.54, 1.807) is 18.3 Å². The number of fused-ring (bicyclic) bond motifs is 1. The second-order valence-electron chi connectivity index (χ2n) is 5.23. The van der Waals surface area contributed by atoms with E-state index in [9.17, 15) is 0 Å². The third kappa shape index (κ3) is 2.74. The predicted molar refractivity (Wildman–Crippen MR) is 91.3 cm³/mol. The fourth-order valence-electron chi connectivity index (χ4n) is 2.37. The van der Waals surface area contributed by atoms with E-state index in [2.05, 4.69) is 33.1 Å². The molecular weight excluding hydrogens is 324 g/mol. The smallest absolute Gasteiger partial charge is 0.231 e. The summed E-state index contributed by atoms with van der Waals surface area (Å²) in [6.07, 6.45) is 2.49. The zero-order valence-electron chi connectivity index (χ0n) is 13.2. The van der Waals surface area contributed by atoms with Crippen LogP contribution >= 0.6 is 11.3 Å². The van der Waals surface area contributed by atoms with Crippen molar-refractivity contribution >= 4 is 21.6 Å². The van der Waals surface area contributed by atoms with Crippen molar-refractivity contribution in [3.8, 4) is 23.0 Å². The molecule has 0 unspecified atom stereocenters. The summed E-state index contributed by atoms with van der Waals surface area (Å²) in [6.45, 7) is 3.88. The van der Waals surface area contributed by atoms with Gasteiger partial charge in [-0.3, -0.25) is 0 Å². The van der Waals surface area contributed by atoms with Crippen LogP contribution in [0, 0.1) is 6.92 Å². The van der Waals surface area contributed by atoms with Gasteiger partial charge in [0.05, 0.1) is 5.39 Å². The molecule has 0 N–H and O–H groups in total. The second kappa shape index (κ2) is 6.01. The van der Waals surface area contributed by atoms with E-state index < -0.39 is 0 Å². The summed E-state index contributed by atoms with van der Waals surface area (Å²) in [5.41, 5.74) is 0.828. The van der Waals surface area contributed by atoms with E-state index in [-0.39, 0.29) is 0 Å². The molecule has 1 aromatic carbocycles. The molecule has 4 rings (SSSR count). The van der Waals surface area contributed by atoms with E-state index in [4.69, 9.17) is 9.26 Å². The first-order valence-corrected chi connectivity index (χ1v) is 8.36. The maximum Gasteiger partial charge on any atom is 0.231 e. The Labute approximate surface area is 142 Å². The highest BCUT2D eigenvalue weighted by Crippen LogP contribution is 2.33. The van der Waals surface area contributed by atoms with Crippen molar-refractivity contribution in [1.29, 1.82) is 0 Å². The van der Waals surface area contributed by atoms with Gasteiger partial charge in [0.25, 0.3) is 0 Å². The van der Waals surface area contributed by atoms with Gasteiger partial charge < -0.3 is 9.26 Å². The highest BCUT2D eigenvalue weighted by molar-refractivity contribution is 7.18. The molecule has 0 saturated heterocycles. The van der Waals surface area contributed by atoms with E-state index in [1.165, 1.54) is 11.2 Å². The summed E-state index contributed by atoms with van der Waals surface area (Å²) in [7, 11) is 0. The summed E-state index contributed by atoms with van der Waals surface area (Å²) in [4.78, 5) is 15.0. The molecule has 0 fully saturated rings. The van der Waals surface area contributed by atoms with Gasteiger partial charge in [-0.1, -0.05) is 24.2 Å². The molecule has 7 heteroatoms. The topological polar surface area (TPSA) is 73.9 Å². The minimum absolute atomic E-state index is 0.527. The normalized spacial score (nSPS) is 11.1. The van der Waals surface area contributed by atoms with Crippen molar-refractivity contribution in [3.05, 3.63) is 47.4 Å². The molecular formula is C17H14N4O2S. The first kappa shape index (κ1) is 14.8. The van der Waals surface area contributed by atoms with Gasteiger partial charge in [-0.25, -0.2) is 9.97 Å². The molecule has 0 saturated carbocycles. The number of thiophene rings is 1. The first-order valence-electron chi connectivity index (χ1n) is 7.55. The zero-order valence-corrected chi connectivity index (χ0v) is 14.0. The molecule has 0 bridgehead atoms. The molecule has 0 radical (unpaired) electrons. The SMILES string of the molecule is CCc1cc2c(Oc3cccc(-c4noc(C)n4)c3)ncnc2s1. The standard InChI is InChI=1S/C17H14N4O2S/c1-3-13-8-14-16(18-9-19-17(14)24-13)22-12-6-4-5-11(7-12)15-20-10(2)23-21-15/h4-9H,3H2,1-2H3. The van der Waals surface area contributed by atoms with Crippen molar-refractivity contribution in [2.24, 2.45) is 0 Å². The van der Waals surface area contributed by atoms with Gasteiger partial charge in [0.1, 0.15) is 16.9 Å². The van der Waals surface area contributed by atoms with Gasteiger partial charge in [-0.2, -0.15) is 4.98 Å². The van der Waals surface area contributed by atoms with Crippen LogP contribution in [0.5, 0.6) is 11.6 Å². The second-order valence-corrected chi connectivity index (χ2v) is 6.35. The van der Waals surface area contributed by atoms with Crippen LogP contribution in [0.15, 0.2) is 41.2 Å². The summed E-state index contributed by atoms with van der Waals surface area (Å²) in [6, 6.07) is 9.62. The van der Waals surface area contributed by atoms with Crippen LogP contribution < -0.4 is 4.74 Å². The Morgan fingerprint density at radius 2 is 2.12 bits per heavy atom. The summed E-state index contributed by atoms with van der Waals surface area (Å²) in [5.74, 6) is 2.28. The van der Waals surface area contributed by atoms with Gasteiger partial charge in [0, 0.05) is 17.4 Å². The van der Waals surface area contributed by atoms with Crippen molar-refractivity contribution < 1.29 is 9.26 Å². The highest BCUT2D eigenvalue weighted by atomic mass is 32.1. The Hall–Kier alpha value is -2.80. The van der Waals surface area contributed by atoms with E-state index >= 15 is 0 Å². The Morgan fingerprint density at radius 3 is 2.92 bits per heavy atom. The number of aryl methyl sites for hydroxylation is 2. The number of hydrogen-bond acceptors (Lipinski definition) is 7. The molecule has 0 spiro atoms. The summed E-state index contributed by atoms with van der Waals surface area (Å²) < 4.78 is 11.0. The van der Waals surface area contributed by atoms with Crippen LogP contribution in [-0.2, 0) is 6.42 Å². The third-order valence-electron chi connectivity index (χ3n) is 3.53. The monoisotopic (exact) mass is 338 g/mol. The average Bonchev–Trinajstić information content (AvgIpc) is 3.21. The lowest BCUT2D eigenvalue weighted by Crippen LogP contribution is -1.90. The molecule has 0 amide bonds. The van der Waals surface area contributed by atoms with Crippen LogP contribution in [0.4, 0.5) is 0 Å². The van der Waals surface area contributed by atoms with Crippen molar-refractivity contribution in [1.82, 2.24) is 20.1 Å². The minimum Gasteiger partial charge on any atom is -0.438 e. The van der Waals surface area contributed by atoms with E-state index in [1.807, 2.05) is 24.3 Å². The largest absolute Gasteiger partial charge is 0.438 e. The number of rotatable bonds is 4. The summed E-state index contributed by atoms with van der Waals surface area (Å²) >= 11 is 1.66. The Bertz CT molecular complexity index is 1010. The number of hydrogen-bond donors (Lipinski definition) is 0. The average molecular weight is 338 g/mol. The van der Waals surface area contributed by atoms with Gasteiger partial charge in [0.15, 0.2) is 0 Å². The van der Waals surface area contributed by atoms with Gasteiger partial charge in [-0.05, 0) is 24.6 Å². The van der Waals surface area contributed by atoms with Crippen LogP contribution in [0.1, 0.15) is 17.7 Å². The maximum atomic E-state index is 5.99. The fraction of sp³-hybridized carbons (Fsp3) is 0.176. The highest BCUT2D eigenvalue weighted by Gasteiger charge is 2.11. The molecule has 0 aliphatic rings. The number of aromatic nitrogens is 4. The van der Waals surface area contributed by atoms with Crippen LogP contribution in [0.2, 0.25) is 0 Å². The Balaban J connectivity index is 1.70. The van der Waals surface area contributed by atoms with Crippen LogP contribution in [0.3, 0.4) is 0 Å². The van der Waals surface area contributed by atoms with Crippen LogP contribution in [-0.4, -0.2) is 20.1 Å². The molecule has 0 atom stereocenters. The number of ether oxygens (including phenoxy) is 1. The first-order chi connectivity index (χ1) is 11.7. The van der Waals surface area contributed by atoms with Crippen molar-refractivity contribution in [2.45, 2.75) is 20.3 Å². The Morgan fingerprint density at radius 1 is 1.21 bits per heavy atom. The molecule has 24 heavy (non-hydrogen) atoms. The molecule has 3 heterocycles. The molecule has 4 aromatic rings. The lowest BCUT2D eigenvalue weighted by Gasteiger charge is -2.06. The Kier molecular flexibility index (Phi) is 3.70. The van der Waals surface area contributed by atoms with Crippen LogP contribution in [0.25, 0.3) is 21.6 Å². The number of nitrogens with zero attached hydrogens (tertiary/aromatic N) is 4. The predicted octanol–water partition coefficient (Wildman–Crippen LogP) is 4.40. The maximum absolute atomic E-state index is 5.99. The minimum atomic E-state index is 0.527. The van der Waals surface area contributed by atoms with Gasteiger partial charge in [-0.15, -0.1) is 11.3 Å². The molecule has 3 aromatic heterocycles. The molecule has 0 aliphatic heterocycles. The molecule has 0 aliphatic carbocycles. The van der Waals surface area contributed by atoms with Crippen molar-refractivity contribution in [2.75, 3.05) is 0 Å².